The number of aromatic nitrogens is 1. The lowest BCUT2D eigenvalue weighted by Crippen LogP contribution is -2.36. The van der Waals surface area contributed by atoms with Gasteiger partial charge in [0.05, 0.1) is 12.9 Å². The molecule has 0 aliphatic heterocycles. The summed E-state index contributed by atoms with van der Waals surface area (Å²) in [6.45, 7) is 0.419. The minimum Gasteiger partial charge on any atom is -0.496 e. The van der Waals surface area contributed by atoms with Gasteiger partial charge in [-0.2, -0.15) is 13.0 Å². The van der Waals surface area contributed by atoms with Crippen molar-refractivity contribution < 1.29 is 26.7 Å². The number of halogens is 1. The minimum absolute atomic E-state index is 0.273. The first-order chi connectivity index (χ1) is 14.4. The molecule has 0 unspecified atom stereocenters. The van der Waals surface area contributed by atoms with Gasteiger partial charge in [-0.25, -0.2) is 4.39 Å². The molecule has 0 aliphatic carbocycles. The average Bonchev–Trinajstić information content (AvgIpc) is 3.29. The molecule has 0 spiro atoms. The molecule has 30 heavy (non-hydrogen) atoms. The van der Waals surface area contributed by atoms with E-state index in [0.29, 0.717) is 6.54 Å². The Balaban J connectivity index is 1.84. The van der Waals surface area contributed by atoms with Crippen LogP contribution in [0, 0.1) is 5.82 Å². The third kappa shape index (κ3) is 4.39. The van der Waals surface area contributed by atoms with E-state index in [1.54, 1.807) is 35.8 Å². The smallest absolute Gasteiger partial charge is 0.265 e. The fourth-order valence-corrected chi connectivity index (χ4v) is 6.03. The second-order valence-electron chi connectivity index (χ2n) is 6.71. The van der Waals surface area contributed by atoms with Gasteiger partial charge in [-0.1, -0.05) is 23.5 Å². The Morgan fingerprint density at radius 2 is 2.07 bits per heavy atom. The van der Waals surface area contributed by atoms with E-state index in [9.17, 15) is 12.8 Å². The molecule has 2 heterocycles. The van der Waals surface area contributed by atoms with Crippen LogP contribution < -0.4 is 9.30 Å². The van der Waals surface area contributed by atoms with Crippen molar-refractivity contribution in [2.75, 3.05) is 12.9 Å². The maximum atomic E-state index is 13.5. The van der Waals surface area contributed by atoms with Gasteiger partial charge in [0, 0.05) is 23.9 Å². The van der Waals surface area contributed by atoms with Crippen LogP contribution in [0.25, 0.3) is 32.5 Å². The number of fused-ring (bicyclic) bond motifs is 3. The molecular formula is C21H19FNO4S3+. The number of ether oxygens (including phenoxy) is 1. The summed E-state index contributed by atoms with van der Waals surface area (Å²) in [6.07, 6.45) is 4.00. The monoisotopic (exact) mass is 464 g/mol. The molecule has 2 aromatic carbocycles. The van der Waals surface area contributed by atoms with Gasteiger partial charge in [-0.3, -0.25) is 4.55 Å². The fourth-order valence-electron chi connectivity index (χ4n) is 3.37. The molecule has 1 N–H and O–H groups in total. The number of rotatable bonds is 7. The molecule has 5 nitrogen and oxygen atoms in total. The maximum absolute atomic E-state index is 13.5. The molecule has 0 atom stereocenters. The lowest BCUT2D eigenvalue weighted by atomic mass is 10.2. The summed E-state index contributed by atoms with van der Waals surface area (Å²) < 4.78 is 54.7. The van der Waals surface area contributed by atoms with Crippen LogP contribution in [0.1, 0.15) is 17.0 Å². The maximum Gasteiger partial charge on any atom is 0.265 e. The second kappa shape index (κ2) is 8.43. The zero-order valence-corrected chi connectivity index (χ0v) is 18.5. The Morgan fingerprint density at radius 3 is 2.80 bits per heavy atom. The van der Waals surface area contributed by atoms with Crippen LogP contribution in [-0.4, -0.2) is 25.8 Å². The van der Waals surface area contributed by atoms with E-state index in [-0.39, 0.29) is 18.0 Å². The molecule has 0 amide bonds. The zero-order valence-electron chi connectivity index (χ0n) is 16.0. The van der Waals surface area contributed by atoms with Gasteiger partial charge in [0.15, 0.2) is 6.54 Å². The van der Waals surface area contributed by atoms with Crippen LogP contribution in [0.15, 0.2) is 41.8 Å². The van der Waals surface area contributed by atoms with Gasteiger partial charge < -0.3 is 4.74 Å². The summed E-state index contributed by atoms with van der Waals surface area (Å²) in [5, 5.41) is 3.89. The van der Waals surface area contributed by atoms with E-state index in [4.69, 9.17) is 9.29 Å². The van der Waals surface area contributed by atoms with Gasteiger partial charge in [0.1, 0.15) is 21.0 Å². The molecule has 0 saturated heterocycles. The standard InChI is InChI=1S/C21H18FNO4S3/c1-27-17-13-18-20(21-16(17)8-10-28-21)23(9-3-11-30(24,25)26)19(29-18)7-6-14-4-2-5-15(22)12-14/h2,4-8,10,12-13H,3,9,11H2,1H3/p+1. The number of thiazole rings is 1. The van der Waals surface area contributed by atoms with E-state index < -0.39 is 10.1 Å². The summed E-state index contributed by atoms with van der Waals surface area (Å²) in [5.41, 5.74) is 1.73. The van der Waals surface area contributed by atoms with Gasteiger partial charge in [-0.15, -0.1) is 11.3 Å². The van der Waals surface area contributed by atoms with Crippen molar-refractivity contribution in [1.82, 2.24) is 0 Å². The number of nitrogens with zero attached hydrogens (tertiary/aromatic N) is 1. The number of methoxy groups -OCH3 is 1. The Bertz CT molecular complexity index is 1360. The van der Waals surface area contributed by atoms with Crippen molar-refractivity contribution in [2.24, 2.45) is 0 Å². The molecule has 4 rings (SSSR count). The number of hydrogen-bond donors (Lipinski definition) is 1. The fraction of sp³-hybridized carbons (Fsp3) is 0.190. The van der Waals surface area contributed by atoms with Crippen molar-refractivity contribution in [3.8, 4) is 5.75 Å². The molecule has 2 aromatic heterocycles. The lowest BCUT2D eigenvalue weighted by Gasteiger charge is -2.02. The first kappa shape index (κ1) is 20.9. The van der Waals surface area contributed by atoms with Crippen LogP contribution in [-0.2, 0) is 16.7 Å². The SMILES string of the molecule is COc1cc2sc(C=Cc3cccc(F)c3)[n+](CCCS(=O)(=O)O)c2c2sccc12. The third-order valence-electron chi connectivity index (χ3n) is 4.66. The highest BCUT2D eigenvalue weighted by Crippen LogP contribution is 2.38. The molecule has 4 aromatic rings. The van der Waals surface area contributed by atoms with Crippen molar-refractivity contribution >= 4 is 65.2 Å². The largest absolute Gasteiger partial charge is 0.496 e. The molecule has 0 bridgehead atoms. The first-order valence-electron chi connectivity index (χ1n) is 9.15. The van der Waals surface area contributed by atoms with Crippen LogP contribution in [0.2, 0.25) is 0 Å². The molecule has 0 fully saturated rings. The molecule has 156 valence electrons. The summed E-state index contributed by atoms with van der Waals surface area (Å²) in [5.74, 6) is 0.166. The van der Waals surface area contributed by atoms with Crippen LogP contribution >= 0.6 is 22.7 Å². The number of aryl methyl sites for hydroxylation is 1. The van der Waals surface area contributed by atoms with E-state index in [2.05, 4.69) is 4.57 Å². The number of hydrogen-bond acceptors (Lipinski definition) is 5. The normalized spacial score (nSPS) is 12.4. The Labute approximate surface area is 181 Å². The lowest BCUT2D eigenvalue weighted by molar-refractivity contribution is -0.667. The van der Waals surface area contributed by atoms with E-state index >= 15 is 0 Å². The van der Waals surface area contributed by atoms with E-state index in [1.807, 2.05) is 35.7 Å². The van der Waals surface area contributed by atoms with E-state index in [1.165, 1.54) is 12.1 Å². The van der Waals surface area contributed by atoms with Gasteiger partial charge in [-0.05, 0) is 35.2 Å². The highest BCUT2D eigenvalue weighted by atomic mass is 32.2. The first-order valence-corrected chi connectivity index (χ1v) is 12.5. The Hall–Kier alpha value is -2.33. The highest BCUT2D eigenvalue weighted by molar-refractivity contribution is 7.85. The quantitative estimate of drug-likeness (QED) is 0.309. The van der Waals surface area contributed by atoms with Crippen molar-refractivity contribution in [3.63, 3.8) is 0 Å². The Morgan fingerprint density at radius 1 is 1.23 bits per heavy atom. The van der Waals surface area contributed by atoms with Crippen molar-refractivity contribution in [3.05, 3.63) is 58.2 Å². The van der Waals surface area contributed by atoms with Gasteiger partial charge >= 0.3 is 0 Å². The number of thiophene rings is 1. The van der Waals surface area contributed by atoms with Crippen LogP contribution in [0.3, 0.4) is 0 Å². The summed E-state index contributed by atoms with van der Waals surface area (Å²) in [7, 11) is -2.40. The van der Waals surface area contributed by atoms with Gasteiger partial charge in [0.25, 0.3) is 15.1 Å². The topological polar surface area (TPSA) is 67.5 Å². The molecule has 0 aliphatic rings. The van der Waals surface area contributed by atoms with Crippen molar-refractivity contribution in [1.29, 1.82) is 0 Å². The predicted octanol–water partition coefficient (Wildman–Crippen LogP) is 5.00. The minimum atomic E-state index is -4.03. The Kier molecular flexibility index (Phi) is 5.88. The average molecular weight is 465 g/mol. The van der Waals surface area contributed by atoms with Crippen LogP contribution in [0.4, 0.5) is 4.39 Å². The van der Waals surface area contributed by atoms with E-state index in [0.717, 1.165) is 36.6 Å². The van der Waals surface area contributed by atoms with Crippen LogP contribution in [0.5, 0.6) is 5.75 Å². The third-order valence-corrected chi connectivity index (χ3v) is 7.49. The highest BCUT2D eigenvalue weighted by Gasteiger charge is 2.24. The molecular weight excluding hydrogens is 445 g/mol. The zero-order chi connectivity index (χ0) is 21.3. The predicted molar refractivity (Wildman–Crippen MR) is 120 cm³/mol. The van der Waals surface area contributed by atoms with Crippen molar-refractivity contribution in [2.45, 2.75) is 13.0 Å². The molecule has 9 heteroatoms. The summed E-state index contributed by atoms with van der Waals surface area (Å²) in [6, 6.07) is 10.3. The summed E-state index contributed by atoms with van der Waals surface area (Å²) >= 11 is 3.14. The molecule has 0 saturated carbocycles. The van der Waals surface area contributed by atoms with Gasteiger partial charge in [0.2, 0.25) is 5.52 Å². The molecule has 0 radical (unpaired) electrons. The number of benzene rings is 2. The second-order valence-corrected chi connectivity index (χ2v) is 10.3. The summed E-state index contributed by atoms with van der Waals surface area (Å²) in [4.78, 5) is 0.